The normalized spacial score (nSPS) is 14.8. The highest BCUT2D eigenvalue weighted by Crippen LogP contribution is 2.35. The number of fused-ring (bicyclic) bond motifs is 2. The van der Waals surface area contributed by atoms with E-state index in [1.807, 2.05) is 16.8 Å². The van der Waals surface area contributed by atoms with E-state index in [0.29, 0.717) is 5.02 Å². The van der Waals surface area contributed by atoms with Gasteiger partial charge in [0.2, 0.25) is 0 Å². The van der Waals surface area contributed by atoms with Crippen molar-refractivity contribution in [3.8, 4) is 11.1 Å². The fourth-order valence-electron chi connectivity index (χ4n) is 3.14. The van der Waals surface area contributed by atoms with Crippen LogP contribution in [0.1, 0.15) is 18.7 Å². The molecular weight excluding hydrogens is 308 g/mol. The Hall–Kier alpha value is -2.33. The van der Waals surface area contributed by atoms with Crippen LogP contribution < -0.4 is 0 Å². The van der Waals surface area contributed by atoms with E-state index in [9.17, 15) is 0 Å². The number of hydrogen-bond acceptors (Lipinski definition) is 2. The number of halogens is 1. The van der Waals surface area contributed by atoms with Gasteiger partial charge >= 0.3 is 0 Å². The molecule has 0 atom stereocenters. The van der Waals surface area contributed by atoms with Crippen LogP contribution in [0.2, 0.25) is 5.02 Å². The van der Waals surface area contributed by atoms with Gasteiger partial charge in [-0.2, -0.15) is 0 Å². The third-order valence-corrected chi connectivity index (χ3v) is 4.99. The summed E-state index contributed by atoms with van der Waals surface area (Å²) < 4.78 is 2.03. The van der Waals surface area contributed by atoms with Gasteiger partial charge in [0.25, 0.3) is 0 Å². The third-order valence-electron chi connectivity index (χ3n) is 4.62. The molecule has 1 saturated carbocycles. The first kappa shape index (κ1) is 13.1. The molecule has 0 aliphatic heterocycles. The van der Waals surface area contributed by atoms with Crippen molar-refractivity contribution in [2.45, 2.75) is 19.3 Å². The van der Waals surface area contributed by atoms with Crippen LogP contribution in [-0.4, -0.2) is 19.6 Å². The average Bonchev–Trinajstić information content (AvgIpc) is 3.09. The number of pyridine rings is 1. The van der Waals surface area contributed by atoms with Crippen LogP contribution >= 0.6 is 11.6 Å². The lowest BCUT2D eigenvalue weighted by Crippen LogP contribution is -1.96. The van der Waals surface area contributed by atoms with Crippen LogP contribution in [0.4, 0.5) is 0 Å². The smallest absolute Gasteiger partial charge is 0.180 e. The van der Waals surface area contributed by atoms with Gasteiger partial charge in [-0.25, -0.2) is 0 Å². The molecule has 0 saturated heterocycles. The maximum atomic E-state index is 6.64. The lowest BCUT2D eigenvalue weighted by atomic mass is 10.1. The van der Waals surface area contributed by atoms with Gasteiger partial charge in [0.1, 0.15) is 5.82 Å². The van der Waals surface area contributed by atoms with Crippen LogP contribution in [0.15, 0.2) is 42.7 Å². The van der Waals surface area contributed by atoms with Crippen LogP contribution in [0.5, 0.6) is 0 Å². The lowest BCUT2D eigenvalue weighted by Gasteiger charge is -2.07. The molecule has 0 unspecified atom stereocenters. The maximum absolute atomic E-state index is 6.64. The second kappa shape index (κ2) is 4.83. The first-order valence-corrected chi connectivity index (χ1v) is 8.27. The maximum Gasteiger partial charge on any atom is 0.180 e. The molecule has 3 heterocycles. The monoisotopic (exact) mass is 322 g/mol. The van der Waals surface area contributed by atoms with Gasteiger partial charge < -0.3 is 4.98 Å². The van der Waals surface area contributed by atoms with Crippen LogP contribution in [0.25, 0.3) is 27.7 Å². The molecule has 0 bridgehead atoms. The number of nitrogens with zero attached hydrogens (tertiary/aromatic N) is 3. The number of rotatable bonds is 3. The predicted octanol–water partition coefficient (Wildman–Crippen LogP) is 4.48. The van der Waals surface area contributed by atoms with Crippen LogP contribution in [0, 0.1) is 5.92 Å². The average molecular weight is 323 g/mol. The van der Waals surface area contributed by atoms with Crippen molar-refractivity contribution in [2.24, 2.45) is 5.92 Å². The van der Waals surface area contributed by atoms with Crippen molar-refractivity contribution in [2.75, 3.05) is 0 Å². The van der Waals surface area contributed by atoms with Gasteiger partial charge in [-0.1, -0.05) is 17.7 Å². The number of benzene rings is 1. The Labute approximate surface area is 138 Å². The van der Waals surface area contributed by atoms with Crippen LogP contribution in [0.3, 0.4) is 0 Å². The van der Waals surface area contributed by atoms with E-state index in [1.165, 1.54) is 18.2 Å². The van der Waals surface area contributed by atoms with Crippen LogP contribution in [-0.2, 0) is 6.42 Å². The van der Waals surface area contributed by atoms with E-state index in [2.05, 4.69) is 45.5 Å². The van der Waals surface area contributed by atoms with Crippen molar-refractivity contribution in [3.63, 3.8) is 0 Å². The Bertz CT molecular complexity index is 1030. The fourth-order valence-corrected chi connectivity index (χ4v) is 3.44. The molecule has 1 fully saturated rings. The van der Waals surface area contributed by atoms with E-state index in [1.54, 1.807) is 0 Å². The molecule has 1 aliphatic rings. The Morgan fingerprint density at radius 3 is 2.96 bits per heavy atom. The van der Waals surface area contributed by atoms with Gasteiger partial charge in [-0.3, -0.25) is 4.40 Å². The summed E-state index contributed by atoms with van der Waals surface area (Å²) in [5, 5.41) is 10.5. The van der Waals surface area contributed by atoms with Gasteiger partial charge in [0, 0.05) is 29.9 Å². The van der Waals surface area contributed by atoms with Crippen molar-refractivity contribution >= 4 is 28.2 Å². The molecule has 0 radical (unpaired) electrons. The number of hydrogen-bond donors (Lipinski definition) is 1. The van der Waals surface area contributed by atoms with E-state index in [0.717, 1.165) is 40.5 Å². The summed E-state index contributed by atoms with van der Waals surface area (Å²) in [5.74, 6) is 1.79. The molecule has 4 nitrogen and oxygen atoms in total. The molecule has 1 aliphatic carbocycles. The summed E-state index contributed by atoms with van der Waals surface area (Å²) in [4.78, 5) is 3.21. The first-order valence-electron chi connectivity index (χ1n) is 7.89. The Morgan fingerprint density at radius 2 is 2.09 bits per heavy atom. The standard InChI is InChI=1S/C18H15ClN4/c19-17-14(12-3-4-15-13(10-12)5-7-20-15)6-8-23-16(9-11-1-2-11)21-22-18(17)23/h3-8,10-11,20H,1-2,9H2. The Morgan fingerprint density at radius 1 is 1.17 bits per heavy atom. The summed E-state index contributed by atoms with van der Waals surface area (Å²) in [6.45, 7) is 0. The molecule has 4 aromatic rings. The molecule has 0 amide bonds. The van der Waals surface area contributed by atoms with Gasteiger partial charge in [0.05, 0.1) is 5.02 Å². The summed E-state index contributed by atoms with van der Waals surface area (Å²) in [5.41, 5.74) is 3.96. The Balaban J connectivity index is 1.64. The number of nitrogens with one attached hydrogen (secondary N) is 1. The summed E-state index contributed by atoms with van der Waals surface area (Å²) in [7, 11) is 0. The van der Waals surface area contributed by atoms with E-state index >= 15 is 0 Å². The summed E-state index contributed by atoms with van der Waals surface area (Å²) in [6.07, 6.45) is 7.58. The van der Waals surface area contributed by atoms with Gasteiger partial charge in [-0.15, -0.1) is 10.2 Å². The highest BCUT2D eigenvalue weighted by molar-refractivity contribution is 6.36. The largest absolute Gasteiger partial charge is 0.361 e. The molecule has 5 rings (SSSR count). The number of H-pyrrole nitrogens is 1. The molecule has 114 valence electrons. The highest BCUT2D eigenvalue weighted by Gasteiger charge is 2.24. The van der Waals surface area contributed by atoms with Crippen molar-refractivity contribution < 1.29 is 0 Å². The number of aromatic nitrogens is 4. The lowest BCUT2D eigenvalue weighted by molar-refractivity contribution is 0.758. The second-order valence-electron chi connectivity index (χ2n) is 6.28. The number of aromatic amines is 1. The predicted molar refractivity (Wildman–Crippen MR) is 91.7 cm³/mol. The zero-order valence-corrected chi connectivity index (χ0v) is 13.2. The minimum atomic E-state index is 0.664. The highest BCUT2D eigenvalue weighted by atomic mass is 35.5. The summed E-state index contributed by atoms with van der Waals surface area (Å²) >= 11 is 6.64. The first-order chi connectivity index (χ1) is 11.3. The van der Waals surface area contributed by atoms with E-state index in [-0.39, 0.29) is 0 Å². The summed E-state index contributed by atoms with van der Waals surface area (Å²) in [6, 6.07) is 10.4. The van der Waals surface area contributed by atoms with E-state index in [4.69, 9.17) is 11.6 Å². The quantitative estimate of drug-likeness (QED) is 0.604. The van der Waals surface area contributed by atoms with Crippen molar-refractivity contribution in [3.05, 3.63) is 53.6 Å². The minimum absolute atomic E-state index is 0.664. The molecule has 23 heavy (non-hydrogen) atoms. The Kier molecular flexibility index (Phi) is 2.76. The topological polar surface area (TPSA) is 46.0 Å². The zero-order valence-electron chi connectivity index (χ0n) is 12.5. The second-order valence-corrected chi connectivity index (χ2v) is 6.66. The molecular formula is C18H15ClN4. The van der Waals surface area contributed by atoms with Gasteiger partial charge in [0.15, 0.2) is 5.65 Å². The minimum Gasteiger partial charge on any atom is -0.361 e. The molecule has 0 spiro atoms. The van der Waals surface area contributed by atoms with Gasteiger partial charge in [-0.05, 0) is 54.0 Å². The van der Waals surface area contributed by atoms with E-state index < -0.39 is 0 Å². The van der Waals surface area contributed by atoms with Crippen molar-refractivity contribution in [1.29, 1.82) is 0 Å². The fraction of sp³-hybridized carbons (Fsp3) is 0.222. The molecule has 1 aromatic carbocycles. The molecule has 5 heteroatoms. The SMILES string of the molecule is Clc1c(-c2ccc3[nH]ccc3c2)ccn2c(CC3CC3)nnc12. The molecule has 3 aromatic heterocycles. The third kappa shape index (κ3) is 2.13. The molecule has 1 N–H and O–H groups in total. The van der Waals surface area contributed by atoms with Crippen molar-refractivity contribution in [1.82, 2.24) is 19.6 Å². The zero-order chi connectivity index (χ0) is 15.4.